The van der Waals surface area contributed by atoms with Gasteiger partial charge in [0.25, 0.3) is 0 Å². The van der Waals surface area contributed by atoms with Crippen LogP contribution < -0.4 is 5.73 Å². The Morgan fingerprint density at radius 2 is 2.00 bits per heavy atom. The Hall–Kier alpha value is -3.15. The van der Waals surface area contributed by atoms with Gasteiger partial charge in [-0.05, 0) is 24.3 Å². The van der Waals surface area contributed by atoms with Gasteiger partial charge in [-0.3, -0.25) is 5.10 Å². The van der Waals surface area contributed by atoms with E-state index >= 15 is 0 Å². The van der Waals surface area contributed by atoms with Gasteiger partial charge >= 0.3 is 0 Å². The number of aromatic nitrogens is 5. The first-order valence-corrected chi connectivity index (χ1v) is 6.52. The van der Waals surface area contributed by atoms with Crippen LogP contribution in [-0.4, -0.2) is 25.2 Å². The SMILES string of the molecule is Nc1cccc(-c2cn(-c3cccc4[nH]ncc34)nn2)c1. The van der Waals surface area contributed by atoms with Gasteiger partial charge in [-0.25, -0.2) is 4.68 Å². The molecule has 0 saturated carbocycles. The quantitative estimate of drug-likeness (QED) is 0.550. The van der Waals surface area contributed by atoms with Crippen molar-refractivity contribution >= 4 is 16.6 Å². The first-order chi connectivity index (χ1) is 10.3. The van der Waals surface area contributed by atoms with Gasteiger partial charge in [-0.2, -0.15) is 5.10 Å². The van der Waals surface area contributed by atoms with E-state index in [9.17, 15) is 0 Å². The number of nitrogen functional groups attached to an aromatic ring is 1. The summed E-state index contributed by atoms with van der Waals surface area (Å²) >= 11 is 0. The van der Waals surface area contributed by atoms with Crippen molar-refractivity contribution in [2.24, 2.45) is 0 Å². The fraction of sp³-hybridized carbons (Fsp3) is 0. The minimum Gasteiger partial charge on any atom is -0.399 e. The van der Waals surface area contributed by atoms with Crippen LogP contribution in [0.25, 0.3) is 27.8 Å². The van der Waals surface area contributed by atoms with Crippen molar-refractivity contribution in [2.75, 3.05) is 5.73 Å². The molecule has 6 heteroatoms. The van der Waals surface area contributed by atoms with E-state index in [0.29, 0.717) is 5.69 Å². The van der Waals surface area contributed by atoms with E-state index in [1.54, 1.807) is 10.9 Å². The predicted molar refractivity (Wildman–Crippen MR) is 80.9 cm³/mol. The molecule has 2 aromatic carbocycles. The van der Waals surface area contributed by atoms with Crippen molar-refractivity contribution < 1.29 is 0 Å². The van der Waals surface area contributed by atoms with E-state index in [-0.39, 0.29) is 0 Å². The number of anilines is 1. The average Bonchev–Trinajstić information content (AvgIpc) is 3.16. The Kier molecular flexibility index (Phi) is 2.47. The van der Waals surface area contributed by atoms with E-state index in [1.165, 1.54) is 0 Å². The van der Waals surface area contributed by atoms with Crippen molar-refractivity contribution in [3.05, 3.63) is 54.9 Å². The lowest BCUT2D eigenvalue weighted by molar-refractivity contribution is 0.809. The molecule has 0 saturated heterocycles. The molecular formula is C15H12N6. The highest BCUT2D eigenvalue weighted by Gasteiger charge is 2.09. The third-order valence-corrected chi connectivity index (χ3v) is 3.38. The van der Waals surface area contributed by atoms with Gasteiger partial charge in [0.15, 0.2) is 0 Å². The smallest absolute Gasteiger partial charge is 0.113 e. The summed E-state index contributed by atoms with van der Waals surface area (Å²) in [5.74, 6) is 0. The van der Waals surface area contributed by atoms with Crippen LogP contribution in [0.2, 0.25) is 0 Å². The van der Waals surface area contributed by atoms with Crippen LogP contribution in [0.3, 0.4) is 0 Å². The zero-order valence-corrected chi connectivity index (χ0v) is 11.1. The Labute approximate surface area is 120 Å². The fourth-order valence-corrected chi connectivity index (χ4v) is 2.36. The maximum absolute atomic E-state index is 5.81. The van der Waals surface area contributed by atoms with Gasteiger partial charge in [0.05, 0.1) is 23.6 Å². The molecule has 21 heavy (non-hydrogen) atoms. The summed E-state index contributed by atoms with van der Waals surface area (Å²) in [6.45, 7) is 0. The van der Waals surface area contributed by atoms with Crippen LogP contribution >= 0.6 is 0 Å². The molecule has 3 N–H and O–H groups in total. The Morgan fingerprint density at radius 1 is 1.10 bits per heavy atom. The second-order valence-corrected chi connectivity index (χ2v) is 4.78. The van der Waals surface area contributed by atoms with Crippen molar-refractivity contribution in [1.82, 2.24) is 25.2 Å². The number of nitrogens with zero attached hydrogens (tertiary/aromatic N) is 4. The molecule has 4 aromatic rings. The standard InChI is InChI=1S/C15H12N6/c16-11-4-1-3-10(7-11)14-9-21(20-19-14)15-6-2-5-13-12(15)8-17-18-13/h1-9H,16H2,(H,17,18). The Bertz CT molecular complexity index is 920. The highest BCUT2D eigenvalue weighted by atomic mass is 15.4. The van der Waals surface area contributed by atoms with Crippen molar-refractivity contribution in [1.29, 1.82) is 0 Å². The highest BCUT2D eigenvalue weighted by Crippen LogP contribution is 2.23. The fourth-order valence-electron chi connectivity index (χ4n) is 2.36. The zero-order valence-electron chi connectivity index (χ0n) is 11.1. The molecule has 2 aromatic heterocycles. The normalized spacial score (nSPS) is 11.0. The number of H-pyrrole nitrogens is 1. The summed E-state index contributed by atoms with van der Waals surface area (Å²) in [6, 6.07) is 13.5. The van der Waals surface area contributed by atoms with Gasteiger partial charge in [0.1, 0.15) is 5.69 Å². The Balaban J connectivity index is 1.83. The summed E-state index contributed by atoms with van der Waals surface area (Å²) in [4.78, 5) is 0. The number of nitrogens with two attached hydrogens (primary N) is 1. The van der Waals surface area contributed by atoms with Crippen molar-refractivity contribution in [3.63, 3.8) is 0 Å². The van der Waals surface area contributed by atoms with Crippen LogP contribution in [0, 0.1) is 0 Å². The molecule has 0 radical (unpaired) electrons. The maximum atomic E-state index is 5.81. The molecule has 0 aliphatic rings. The van der Waals surface area contributed by atoms with E-state index in [2.05, 4.69) is 20.5 Å². The van der Waals surface area contributed by atoms with Crippen LogP contribution in [-0.2, 0) is 0 Å². The van der Waals surface area contributed by atoms with Crippen LogP contribution in [0.4, 0.5) is 5.69 Å². The summed E-state index contributed by atoms with van der Waals surface area (Å²) in [7, 11) is 0. The van der Waals surface area contributed by atoms with Crippen LogP contribution in [0.15, 0.2) is 54.9 Å². The molecule has 0 aliphatic carbocycles. The third-order valence-electron chi connectivity index (χ3n) is 3.38. The lowest BCUT2D eigenvalue weighted by Gasteiger charge is -2.01. The van der Waals surface area contributed by atoms with Gasteiger partial charge in [0, 0.05) is 16.6 Å². The third kappa shape index (κ3) is 1.93. The maximum Gasteiger partial charge on any atom is 0.113 e. The van der Waals surface area contributed by atoms with E-state index in [1.807, 2.05) is 48.7 Å². The first kappa shape index (κ1) is 11.7. The summed E-state index contributed by atoms with van der Waals surface area (Å²) < 4.78 is 1.75. The van der Waals surface area contributed by atoms with E-state index in [0.717, 1.165) is 27.8 Å². The molecule has 0 atom stereocenters. The number of aromatic amines is 1. The van der Waals surface area contributed by atoms with Crippen LogP contribution in [0.5, 0.6) is 0 Å². The molecule has 0 spiro atoms. The average molecular weight is 276 g/mol. The summed E-state index contributed by atoms with van der Waals surface area (Å²) in [6.07, 6.45) is 3.67. The molecule has 2 heterocycles. The van der Waals surface area contributed by atoms with Gasteiger partial charge < -0.3 is 5.73 Å². The van der Waals surface area contributed by atoms with Gasteiger partial charge in [0.2, 0.25) is 0 Å². The number of fused-ring (bicyclic) bond motifs is 1. The van der Waals surface area contributed by atoms with E-state index in [4.69, 9.17) is 5.73 Å². The minimum atomic E-state index is 0.707. The van der Waals surface area contributed by atoms with Crippen LogP contribution in [0.1, 0.15) is 0 Å². The molecule has 0 bridgehead atoms. The second kappa shape index (κ2) is 4.45. The van der Waals surface area contributed by atoms with Crippen molar-refractivity contribution in [3.8, 4) is 16.9 Å². The highest BCUT2D eigenvalue weighted by molar-refractivity contribution is 5.86. The lowest BCUT2D eigenvalue weighted by Crippen LogP contribution is -1.95. The summed E-state index contributed by atoms with van der Waals surface area (Å²) in [5, 5.41) is 16.4. The summed E-state index contributed by atoms with van der Waals surface area (Å²) in [5.41, 5.74) is 10.1. The number of benzene rings is 2. The second-order valence-electron chi connectivity index (χ2n) is 4.78. The topological polar surface area (TPSA) is 85.4 Å². The molecular weight excluding hydrogens is 264 g/mol. The zero-order chi connectivity index (χ0) is 14.2. The van der Waals surface area contributed by atoms with Gasteiger partial charge in [-0.1, -0.05) is 23.4 Å². The molecule has 6 nitrogen and oxygen atoms in total. The predicted octanol–water partition coefficient (Wildman–Crippen LogP) is 2.39. The first-order valence-electron chi connectivity index (χ1n) is 6.52. The van der Waals surface area contributed by atoms with Gasteiger partial charge in [-0.15, -0.1) is 5.10 Å². The number of nitrogens with one attached hydrogen (secondary N) is 1. The lowest BCUT2D eigenvalue weighted by atomic mass is 10.1. The number of rotatable bonds is 2. The Morgan fingerprint density at radius 3 is 2.90 bits per heavy atom. The van der Waals surface area contributed by atoms with E-state index < -0.39 is 0 Å². The molecule has 0 amide bonds. The largest absolute Gasteiger partial charge is 0.399 e. The molecule has 102 valence electrons. The molecule has 0 aliphatic heterocycles. The molecule has 0 unspecified atom stereocenters. The minimum absolute atomic E-state index is 0.707. The number of hydrogen-bond acceptors (Lipinski definition) is 4. The molecule has 4 rings (SSSR count). The number of hydrogen-bond donors (Lipinski definition) is 2. The molecule has 0 fully saturated rings. The van der Waals surface area contributed by atoms with Crippen molar-refractivity contribution in [2.45, 2.75) is 0 Å². The monoisotopic (exact) mass is 276 g/mol.